The average Bonchev–Trinajstić information content (AvgIpc) is 2.49. The molecule has 0 aliphatic carbocycles. The average molecular weight is 286 g/mol. The highest BCUT2D eigenvalue weighted by Crippen LogP contribution is 2.25. The minimum absolute atomic E-state index is 0.0112. The molecule has 1 heterocycles. The Balaban J connectivity index is 2.05. The molecule has 110 valence electrons. The lowest BCUT2D eigenvalue weighted by molar-refractivity contribution is 0.0890. The van der Waals surface area contributed by atoms with Crippen LogP contribution in [0.1, 0.15) is 24.0 Å². The Bertz CT molecular complexity index is 569. The monoisotopic (exact) mass is 286 g/mol. The Morgan fingerprint density at radius 1 is 1.52 bits per heavy atom. The number of ether oxygens (including phenoxy) is 1. The fourth-order valence-electron chi connectivity index (χ4n) is 2.42. The molecule has 0 spiro atoms. The second kappa shape index (κ2) is 6.80. The van der Waals surface area contributed by atoms with E-state index in [0.717, 1.165) is 11.3 Å². The Kier molecular flexibility index (Phi) is 4.83. The zero-order valence-corrected chi connectivity index (χ0v) is 11.8. The number of allylic oxidation sites excluding steroid dienone is 1. The van der Waals surface area contributed by atoms with Gasteiger partial charge in [-0.3, -0.25) is 0 Å². The SMILES string of the molecule is C=CCc1cc(C#N)ccc1OC1CCN(C(=O)O)CC1. The summed E-state index contributed by atoms with van der Waals surface area (Å²) in [5, 5.41) is 17.9. The number of rotatable bonds is 4. The normalized spacial score (nSPS) is 15.3. The number of carbonyl (C=O) groups is 1. The molecule has 1 amide bonds. The quantitative estimate of drug-likeness (QED) is 0.864. The highest BCUT2D eigenvalue weighted by atomic mass is 16.5. The summed E-state index contributed by atoms with van der Waals surface area (Å²) in [6.45, 7) is 4.70. The number of benzene rings is 1. The van der Waals surface area contributed by atoms with Crippen LogP contribution >= 0.6 is 0 Å². The van der Waals surface area contributed by atoms with Crippen molar-refractivity contribution in [3.05, 3.63) is 42.0 Å². The van der Waals surface area contributed by atoms with Crippen LogP contribution in [0.2, 0.25) is 0 Å². The number of likely N-dealkylation sites (tertiary alicyclic amines) is 1. The van der Waals surface area contributed by atoms with Crippen molar-refractivity contribution in [2.75, 3.05) is 13.1 Å². The maximum Gasteiger partial charge on any atom is 0.407 e. The third-order valence-corrected chi connectivity index (χ3v) is 3.56. The van der Waals surface area contributed by atoms with Crippen molar-refractivity contribution >= 4 is 6.09 Å². The number of hydrogen-bond donors (Lipinski definition) is 1. The van der Waals surface area contributed by atoms with Crippen LogP contribution in [0.3, 0.4) is 0 Å². The maximum atomic E-state index is 10.9. The van der Waals surface area contributed by atoms with Crippen molar-refractivity contribution < 1.29 is 14.6 Å². The number of nitrogens with zero attached hydrogens (tertiary/aromatic N) is 2. The largest absolute Gasteiger partial charge is 0.490 e. The molecular weight excluding hydrogens is 268 g/mol. The van der Waals surface area contributed by atoms with Gasteiger partial charge in [0, 0.05) is 25.9 Å². The molecule has 0 bridgehead atoms. The molecule has 1 aromatic rings. The number of amides is 1. The van der Waals surface area contributed by atoms with Crippen LogP contribution < -0.4 is 4.74 Å². The molecule has 5 nitrogen and oxygen atoms in total. The Morgan fingerprint density at radius 3 is 2.81 bits per heavy atom. The van der Waals surface area contributed by atoms with Crippen molar-refractivity contribution in [3.8, 4) is 11.8 Å². The van der Waals surface area contributed by atoms with Gasteiger partial charge >= 0.3 is 6.09 Å². The smallest absolute Gasteiger partial charge is 0.407 e. The minimum Gasteiger partial charge on any atom is -0.490 e. The minimum atomic E-state index is -0.876. The van der Waals surface area contributed by atoms with Crippen LogP contribution in [0.5, 0.6) is 5.75 Å². The van der Waals surface area contributed by atoms with Gasteiger partial charge in [0.15, 0.2) is 0 Å². The van der Waals surface area contributed by atoms with E-state index in [-0.39, 0.29) is 6.10 Å². The standard InChI is InChI=1S/C16H18N2O3/c1-2-3-13-10-12(11-17)4-5-15(13)21-14-6-8-18(9-7-14)16(19)20/h2,4-5,10,14H,1,3,6-9H2,(H,19,20). The van der Waals surface area contributed by atoms with Gasteiger partial charge in [-0.15, -0.1) is 6.58 Å². The van der Waals surface area contributed by atoms with Crippen LogP contribution in [0.25, 0.3) is 0 Å². The van der Waals surface area contributed by atoms with Gasteiger partial charge in [0.2, 0.25) is 0 Å². The summed E-state index contributed by atoms with van der Waals surface area (Å²) >= 11 is 0. The third-order valence-electron chi connectivity index (χ3n) is 3.56. The fraction of sp³-hybridized carbons (Fsp3) is 0.375. The zero-order chi connectivity index (χ0) is 15.2. The van der Waals surface area contributed by atoms with Crippen molar-refractivity contribution in [2.24, 2.45) is 0 Å². The van der Waals surface area contributed by atoms with Crippen LogP contribution in [-0.4, -0.2) is 35.3 Å². The van der Waals surface area contributed by atoms with Crippen LogP contribution in [0.4, 0.5) is 4.79 Å². The lowest BCUT2D eigenvalue weighted by atomic mass is 10.1. The van der Waals surface area contributed by atoms with Crippen molar-refractivity contribution in [3.63, 3.8) is 0 Å². The molecular formula is C16H18N2O3. The molecule has 0 aromatic heterocycles. The fourth-order valence-corrected chi connectivity index (χ4v) is 2.42. The molecule has 0 radical (unpaired) electrons. The van der Waals surface area contributed by atoms with Gasteiger partial charge < -0.3 is 14.7 Å². The second-order valence-electron chi connectivity index (χ2n) is 5.01. The van der Waals surface area contributed by atoms with E-state index < -0.39 is 6.09 Å². The van der Waals surface area contributed by atoms with Gasteiger partial charge in [-0.25, -0.2) is 4.79 Å². The molecule has 1 aliphatic heterocycles. The molecule has 0 unspecified atom stereocenters. The summed E-state index contributed by atoms with van der Waals surface area (Å²) in [5.74, 6) is 0.752. The number of piperidine rings is 1. The Morgan fingerprint density at radius 2 is 2.24 bits per heavy atom. The van der Waals surface area contributed by atoms with Gasteiger partial charge in [0.25, 0.3) is 0 Å². The molecule has 0 saturated carbocycles. The van der Waals surface area contributed by atoms with Crippen LogP contribution in [0, 0.1) is 11.3 Å². The summed E-state index contributed by atoms with van der Waals surface area (Å²) in [4.78, 5) is 12.3. The first-order valence-corrected chi connectivity index (χ1v) is 6.92. The van der Waals surface area contributed by atoms with E-state index in [4.69, 9.17) is 15.1 Å². The molecule has 1 N–H and O–H groups in total. The lowest BCUT2D eigenvalue weighted by Crippen LogP contribution is -2.41. The van der Waals surface area contributed by atoms with Gasteiger partial charge in [0.1, 0.15) is 11.9 Å². The molecule has 5 heteroatoms. The summed E-state index contributed by atoms with van der Waals surface area (Å²) < 4.78 is 5.99. The molecule has 0 atom stereocenters. The van der Waals surface area contributed by atoms with E-state index >= 15 is 0 Å². The number of hydrogen-bond acceptors (Lipinski definition) is 3. The predicted octanol–water partition coefficient (Wildman–Crippen LogP) is 2.81. The van der Waals surface area contributed by atoms with E-state index in [9.17, 15) is 4.79 Å². The second-order valence-corrected chi connectivity index (χ2v) is 5.01. The Hall–Kier alpha value is -2.48. The molecule has 21 heavy (non-hydrogen) atoms. The van der Waals surface area contributed by atoms with Crippen molar-refractivity contribution in [1.29, 1.82) is 5.26 Å². The summed E-state index contributed by atoms with van der Waals surface area (Å²) in [6, 6.07) is 7.46. The first-order chi connectivity index (χ1) is 10.1. The van der Waals surface area contributed by atoms with E-state index in [1.54, 1.807) is 18.2 Å². The lowest BCUT2D eigenvalue weighted by Gasteiger charge is -2.30. The number of nitriles is 1. The molecule has 1 fully saturated rings. The van der Waals surface area contributed by atoms with Gasteiger partial charge in [0.05, 0.1) is 11.6 Å². The summed E-state index contributed by atoms with van der Waals surface area (Å²) in [5.41, 5.74) is 1.53. The third kappa shape index (κ3) is 3.76. The first kappa shape index (κ1) is 14.9. The molecule has 2 rings (SSSR count). The first-order valence-electron chi connectivity index (χ1n) is 6.92. The van der Waals surface area contributed by atoms with Gasteiger partial charge in [-0.1, -0.05) is 6.08 Å². The zero-order valence-electron chi connectivity index (χ0n) is 11.8. The predicted molar refractivity (Wildman–Crippen MR) is 78.3 cm³/mol. The van der Waals surface area contributed by atoms with Gasteiger partial charge in [-0.2, -0.15) is 5.26 Å². The van der Waals surface area contributed by atoms with E-state index in [0.29, 0.717) is 37.9 Å². The van der Waals surface area contributed by atoms with Gasteiger partial charge in [-0.05, 0) is 30.2 Å². The van der Waals surface area contributed by atoms with Crippen LogP contribution in [0.15, 0.2) is 30.9 Å². The van der Waals surface area contributed by atoms with E-state index in [2.05, 4.69) is 12.6 Å². The summed E-state index contributed by atoms with van der Waals surface area (Å²) in [7, 11) is 0. The number of carboxylic acid groups (broad SMARTS) is 1. The highest BCUT2D eigenvalue weighted by molar-refractivity contribution is 5.65. The molecule has 1 aromatic carbocycles. The summed E-state index contributed by atoms with van der Waals surface area (Å²) in [6.07, 6.45) is 2.91. The highest BCUT2D eigenvalue weighted by Gasteiger charge is 2.23. The molecule has 1 saturated heterocycles. The Labute approximate surface area is 124 Å². The van der Waals surface area contributed by atoms with E-state index in [1.807, 2.05) is 6.07 Å². The van der Waals surface area contributed by atoms with Crippen LogP contribution in [-0.2, 0) is 6.42 Å². The van der Waals surface area contributed by atoms with E-state index in [1.165, 1.54) is 4.90 Å². The topological polar surface area (TPSA) is 73.6 Å². The van der Waals surface area contributed by atoms with Crippen molar-refractivity contribution in [1.82, 2.24) is 4.90 Å². The van der Waals surface area contributed by atoms with Crippen molar-refractivity contribution in [2.45, 2.75) is 25.4 Å². The maximum absolute atomic E-state index is 10.9. The molecule has 1 aliphatic rings.